The summed E-state index contributed by atoms with van der Waals surface area (Å²) in [6.45, 7) is 0.412. The number of rotatable bonds is 10. The van der Waals surface area contributed by atoms with Crippen molar-refractivity contribution in [3.63, 3.8) is 0 Å². The molecular weight excluding hydrogens is 478 g/mol. The van der Waals surface area contributed by atoms with Crippen LogP contribution in [0.2, 0.25) is 0 Å². The summed E-state index contributed by atoms with van der Waals surface area (Å²) < 4.78 is 0.434. The molecule has 0 bridgehead atoms. The fourth-order valence-corrected chi connectivity index (χ4v) is 4.11. The van der Waals surface area contributed by atoms with Gasteiger partial charge in [-0.15, -0.1) is 0 Å². The topological polar surface area (TPSA) is 145 Å². The number of benzene rings is 2. The normalized spacial score (nSPS) is 15.0. The van der Waals surface area contributed by atoms with Crippen molar-refractivity contribution in [1.29, 1.82) is 0 Å². The molecule has 1 atom stereocenters. The van der Waals surface area contributed by atoms with Gasteiger partial charge in [-0.05, 0) is 47.9 Å². The van der Waals surface area contributed by atoms with Gasteiger partial charge >= 0.3 is 11.9 Å². The smallest absolute Gasteiger partial charge is 0.326 e. The third-order valence-corrected chi connectivity index (χ3v) is 5.95. The lowest BCUT2D eigenvalue weighted by Gasteiger charge is -2.14. The Morgan fingerprint density at radius 1 is 1.12 bits per heavy atom. The van der Waals surface area contributed by atoms with Gasteiger partial charge in [0.1, 0.15) is 10.4 Å². The molecule has 0 aromatic heterocycles. The summed E-state index contributed by atoms with van der Waals surface area (Å²) in [6.07, 6.45) is 1.18. The monoisotopic (exact) mass is 499 g/mol. The second-order valence-corrected chi connectivity index (χ2v) is 9.04. The molecule has 1 fully saturated rings. The van der Waals surface area contributed by atoms with Crippen LogP contribution in [0.3, 0.4) is 0 Å². The van der Waals surface area contributed by atoms with Gasteiger partial charge in [0.25, 0.3) is 11.8 Å². The van der Waals surface area contributed by atoms with Crippen LogP contribution in [-0.2, 0) is 20.9 Å². The number of carboxylic acid groups (broad SMARTS) is 2. The Hall–Kier alpha value is -3.70. The van der Waals surface area contributed by atoms with E-state index in [1.165, 1.54) is 11.8 Å². The van der Waals surface area contributed by atoms with Crippen molar-refractivity contribution in [2.75, 3.05) is 5.32 Å². The van der Waals surface area contributed by atoms with Crippen LogP contribution >= 0.6 is 24.0 Å². The zero-order valence-electron chi connectivity index (χ0n) is 17.7. The summed E-state index contributed by atoms with van der Waals surface area (Å²) in [5.41, 5.74) is 2.75. The first kappa shape index (κ1) is 24.9. The highest BCUT2D eigenvalue weighted by atomic mass is 32.2. The first-order valence-electron chi connectivity index (χ1n) is 10.1. The number of thiocarbonyl (C=S) groups is 1. The van der Waals surface area contributed by atoms with Gasteiger partial charge in [0, 0.05) is 24.2 Å². The van der Waals surface area contributed by atoms with Crippen LogP contribution < -0.4 is 16.0 Å². The molecule has 0 unspecified atom stereocenters. The second kappa shape index (κ2) is 11.4. The van der Waals surface area contributed by atoms with E-state index in [1.54, 1.807) is 24.3 Å². The van der Waals surface area contributed by atoms with Gasteiger partial charge in [-0.25, -0.2) is 4.79 Å². The third-order valence-electron chi connectivity index (χ3n) is 4.79. The van der Waals surface area contributed by atoms with E-state index in [2.05, 4.69) is 16.0 Å². The highest BCUT2D eigenvalue weighted by Crippen LogP contribution is 2.26. The van der Waals surface area contributed by atoms with Gasteiger partial charge in [-0.2, -0.15) is 0 Å². The van der Waals surface area contributed by atoms with Crippen molar-refractivity contribution in [2.24, 2.45) is 0 Å². The molecule has 0 radical (unpaired) electrons. The minimum absolute atomic E-state index is 0.208. The standard InChI is InChI=1S/C23H21N3O6S2/c27-19(28)9-8-17(22(31)32)25-20(29)15-3-1-2-14(10-15)12-24-16-6-4-13(5-7-16)11-18-21(30)26-23(33)34-18/h1-7,10-11,17,24H,8-9,12H2,(H,25,29)(H,27,28)(H,31,32)(H,26,30,33)/b18-11-/t17-/m0/s1. The molecule has 1 aliphatic heterocycles. The minimum atomic E-state index is -1.29. The van der Waals surface area contributed by atoms with Crippen molar-refractivity contribution in [3.8, 4) is 0 Å². The fourth-order valence-electron chi connectivity index (χ4n) is 3.06. The summed E-state index contributed by atoms with van der Waals surface area (Å²) in [7, 11) is 0. The predicted molar refractivity (Wildman–Crippen MR) is 132 cm³/mol. The molecule has 0 aliphatic carbocycles. The number of nitrogens with one attached hydrogen (secondary N) is 3. The molecule has 1 aliphatic rings. The minimum Gasteiger partial charge on any atom is -0.481 e. The van der Waals surface area contributed by atoms with E-state index >= 15 is 0 Å². The van der Waals surface area contributed by atoms with Gasteiger partial charge in [-0.3, -0.25) is 14.4 Å². The van der Waals surface area contributed by atoms with E-state index in [0.717, 1.165) is 16.8 Å². The molecule has 0 saturated carbocycles. The fraction of sp³-hybridized carbons (Fsp3) is 0.174. The number of carbonyl (C=O) groups excluding carboxylic acids is 2. The molecule has 176 valence electrons. The lowest BCUT2D eigenvalue weighted by Crippen LogP contribution is -2.41. The number of carboxylic acids is 2. The van der Waals surface area contributed by atoms with Crippen molar-refractivity contribution in [1.82, 2.24) is 10.6 Å². The van der Waals surface area contributed by atoms with E-state index in [9.17, 15) is 24.3 Å². The van der Waals surface area contributed by atoms with Crippen LogP contribution in [0.5, 0.6) is 0 Å². The summed E-state index contributed by atoms with van der Waals surface area (Å²) >= 11 is 6.19. The maximum atomic E-state index is 12.5. The molecule has 1 saturated heterocycles. The number of carbonyl (C=O) groups is 4. The third kappa shape index (κ3) is 7.15. The maximum absolute atomic E-state index is 12.5. The Labute approximate surface area is 204 Å². The number of thioether (sulfide) groups is 1. The average Bonchev–Trinajstić information content (AvgIpc) is 3.12. The first-order chi connectivity index (χ1) is 16.2. The predicted octanol–water partition coefficient (Wildman–Crippen LogP) is 2.84. The molecule has 5 N–H and O–H groups in total. The number of amides is 2. The number of hydrogen-bond donors (Lipinski definition) is 5. The van der Waals surface area contributed by atoms with Crippen molar-refractivity contribution >= 4 is 63.8 Å². The van der Waals surface area contributed by atoms with E-state index in [1.807, 2.05) is 30.3 Å². The number of aliphatic carboxylic acids is 2. The van der Waals surface area contributed by atoms with Crippen molar-refractivity contribution < 1.29 is 29.4 Å². The summed E-state index contributed by atoms with van der Waals surface area (Å²) in [4.78, 5) is 46.8. The Bertz CT molecular complexity index is 1160. The molecule has 3 rings (SSSR count). The van der Waals surface area contributed by atoms with Crippen LogP contribution in [0.25, 0.3) is 6.08 Å². The summed E-state index contributed by atoms with van der Waals surface area (Å²) in [5.74, 6) is -3.23. The highest BCUT2D eigenvalue weighted by Gasteiger charge is 2.22. The largest absolute Gasteiger partial charge is 0.481 e. The molecule has 11 heteroatoms. The first-order valence-corrected chi connectivity index (χ1v) is 11.4. The molecule has 2 aromatic carbocycles. The van der Waals surface area contributed by atoms with Crippen LogP contribution in [0.1, 0.15) is 34.3 Å². The molecule has 2 aromatic rings. The van der Waals surface area contributed by atoms with E-state index in [4.69, 9.17) is 17.3 Å². The number of anilines is 1. The molecule has 2 amide bonds. The van der Waals surface area contributed by atoms with E-state index in [-0.39, 0.29) is 24.3 Å². The van der Waals surface area contributed by atoms with Gasteiger partial charge in [0.2, 0.25) is 0 Å². The molecule has 0 spiro atoms. The Kier molecular flexibility index (Phi) is 8.39. The molecule has 9 nitrogen and oxygen atoms in total. The lowest BCUT2D eigenvalue weighted by atomic mass is 10.1. The quantitative estimate of drug-likeness (QED) is 0.246. The van der Waals surface area contributed by atoms with Crippen LogP contribution in [-0.4, -0.2) is 44.3 Å². The van der Waals surface area contributed by atoms with Crippen molar-refractivity contribution in [3.05, 3.63) is 70.1 Å². The lowest BCUT2D eigenvalue weighted by molar-refractivity contribution is -0.140. The second-order valence-electron chi connectivity index (χ2n) is 7.32. The van der Waals surface area contributed by atoms with Gasteiger partial charge in [-0.1, -0.05) is 48.2 Å². The molecule has 34 heavy (non-hydrogen) atoms. The van der Waals surface area contributed by atoms with Crippen LogP contribution in [0, 0.1) is 0 Å². The zero-order valence-corrected chi connectivity index (χ0v) is 19.4. The van der Waals surface area contributed by atoms with E-state index < -0.39 is 23.9 Å². The Morgan fingerprint density at radius 2 is 1.85 bits per heavy atom. The average molecular weight is 500 g/mol. The van der Waals surface area contributed by atoms with Gasteiger partial charge < -0.3 is 26.2 Å². The zero-order chi connectivity index (χ0) is 24.7. The van der Waals surface area contributed by atoms with Crippen LogP contribution in [0.15, 0.2) is 53.4 Å². The van der Waals surface area contributed by atoms with Gasteiger partial charge in [0.15, 0.2) is 0 Å². The Morgan fingerprint density at radius 3 is 2.47 bits per heavy atom. The van der Waals surface area contributed by atoms with Crippen molar-refractivity contribution in [2.45, 2.75) is 25.4 Å². The number of hydrogen-bond acceptors (Lipinski definition) is 7. The highest BCUT2D eigenvalue weighted by molar-refractivity contribution is 8.26. The summed E-state index contributed by atoms with van der Waals surface area (Å²) in [6, 6.07) is 12.8. The van der Waals surface area contributed by atoms with E-state index in [0.29, 0.717) is 15.8 Å². The maximum Gasteiger partial charge on any atom is 0.326 e. The summed E-state index contributed by atoms with van der Waals surface area (Å²) in [5, 5.41) is 26.1. The Balaban J connectivity index is 1.59. The van der Waals surface area contributed by atoms with Gasteiger partial charge in [0.05, 0.1) is 4.91 Å². The SMILES string of the molecule is O=C(O)CC[C@H](NC(=O)c1cccc(CNc2ccc(/C=C3\SC(=S)NC3=O)cc2)c1)C(=O)O. The molecular formula is C23H21N3O6S2. The molecule has 1 heterocycles. The van der Waals surface area contributed by atoms with Crippen LogP contribution in [0.4, 0.5) is 5.69 Å².